The van der Waals surface area contributed by atoms with Crippen molar-refractivity contribution in [3.8, 4) is 0 Å². The van der Waals surface area contributed by atoms with Gasteiger partial charge in [-0.05, 0) is 30.6 Å². The molecule has 1 heteroatoms. The second-order valence-corrected chi connectivity index (χ2v) is 6.04. The summed E-state index contributed by atoms with van der Waals surface area (Å²) in [4.78, 5) is 0. The monoisotopic (exact) mass is 260 g/mol. The molecule has 14 heavy (non-hydrogen) atoms. The first-order chi connectivity index (χ1) is 6.68. The fraction of sp³-hybridized carbons (Fsp3) is 1.00. The van der Waals surface area contributed by atoms with Gasteiger partial charge in [0.1, 0.15) is 0 Å². The highest BCUT2D eigenvalue weighted by Crippen LogP contribution is 2.42. The molecule has 0 nitrogen and oxygen atoms in total. The van der Waals surface area contributed by atoms with E-state index < -0.39 is 0 Å². The maximum Gasteiger partial charge on any atom is 0.00879 e. The standard InChI is InChI=1S/C13H25Br/c1-12(2)7-6-10-13(11-14)8-4-3-5-9-13/h12H,3-11H2,1-2H3. The molecule has 0 spiro atoms. The summed E-state index contributed by atoms with van der Waals surface area (Å²) in [7, 11) is 0. The van der Waals surface area contributed by atoms with Gasteiger partial charge in [-0.1, -0.05) is 61.9 Å². The summed E-state index contributed by atoms with van der Waals surface area (Å²) in [5.74, 6) is 0.881. The van der Waals surface area contributed by atoms with Crippen LogP contribution >= 0.6 is 15.9 Å². The van der Waals surface area contributed by atoms with E-state index in [0.717, 1.165) is 5.92 Å². The fourth-order valence-electron chi connectivity index (χ4n) is 2.64. The molecule has 1 rings (SSSR count). The summed E-state index contributed by atoms with van der Waals surface area (Å²) in [6.45, 7) is 4.67. The summed E-state index contributed by atoms with van der Waals surface area (Å²) in [5, 5.41) is 1.23. The van der Waals surface area contributed by atoms with E-state index in [1.807, 2.05) is 0 Å². The summed E-state index contributed by atoms with van der Waals surface area (Å²) < 4.78 is 0. The molecule has 0 bridgehead atoms. The molecule has 0 aromatic rings. The average Bonchev–Trinajstić information content (AvgIpc) is 2.19. The van der Waals surface area contributed by atoms with E-state index >= 15 is 0 Å². The van der Waals surface area contributed by atoms with Crippen LogP contribution in [0.2, 0.25) is 0 Å². The van der Waals surface area contributed by atoms with Crippen molar-refractivity contribution >= 4 is 15.9 Å². The van der Waals surface area contributed by atoms with E-state index in [1.165, 1.54) is 56.7 Å². The van der Waals surface area contributed by atoms with Crippen LogP contribution in [-0.4, -0.2) is 5.33 Å². The Kier molecular flexibility index (Phi) is 5.51. The molecule has 0 amide bonds. The van der Waals surface area contributed by atoms with Crippen LogP contribution in [0.1, 0.15) is 65.2 Å². The van der Waals surface area contributed by atoms with Gasteiger partial charge in [-0.25, -0.2) is 0 Å². The van der Waals surface area contributed by atoms with Crippen LogP contribution in [0.5, 0.6) is 0 Å². The van der Waals surface area contributed by atoms with Crippen LogP contribution in [0.25, 0.3) is 0 Å². The molecule has 0 heterocycles. The molecule has 0 N–H and O–H groups in total. The fourth-order valence-corrected chi connectivity index (χ4v) is 3.48. The van der Waals surface area contributed by atoms with E-state index in [1.54, 1.807) is 0 Å². The third-order valence-corrected chi connectivity index (χ3v) is 4.88. The lowest BCUT2D eigenvalue weighted by Gasteiger charge is -2.36. The van der Waals surface area contributed by atoms with Gasteiger partial charge in [-0.2, -0.15) is 0 Å². The van der Waals surface area contributed by atoms with Crippen molar-refractivity contribution in [2.45, 2.75) is 65.2 Å². The summed E-state index contributed by atoms with van der Waals surface area (Å²) in [5.41, 5.74) is 0.674. The molecule has 1 aliphatic rings. The molecule has 0 unspecified atom stereocenters. The lowest BCUT2D eigenvalue weighted by atomic mass is 9.72. The summed E-state index contributed by atoms with van der Waals surface area (Å²) in [6, 6.07) is 0. The van der Waals surface area contributed by atoms with Gasteiger partial charge in [0, 0.05) is 5.33 Å². The van der Waals surface area contributed by atoms with Crippen LogP contribution in [0.15, 0.2) is 0 Å². The Morgan fingerprint density at radius 3 is 2.29 bits per heavy atom. The molecular weight excluding hydrogens is 236 g/mol. The normalized spacial score (nSPS) is 21.4. The molecular formula is C13H25Br. The molecule has 0 atom stereocenters. The van der Waals surface area contributed by atoms with E-state index in [4.69, 9.17) is 0 Å². The Morgan fingerprint density at radius 1 is 1.14 bits per heavy atom. The van der Waals surface area contributed by atoms with Crippen molar-refractivity contribution in [3.63, 3.8) is 0 Å². The van der Waals surface area contributed by atoms with E-state index in [9.17, 15) is 0 Å². The molecule has 1 aliphatic carbocycles. The topological polar surface area (TPSA) is 0 Å². The SMILES string of the molecule is CC(C)CCCC1(CBr)CCCCC1. The zero-order chi connectivity index (χ0) is 10.4. The average molecular weight is 261 g/mol. The summed E-state index contributed by atoms with van der Waals surface area (Å²) in [6.07, 6.45) is 11.6. The van der Waals surface area contributed by atoms with Crippen molar-refractivity contribution in [2.24, 2.45) is 11.3 Å². The molecule has 0 radical (unpaired) electrons. The Bertz CT molecular complexity index is 145. The van der Waals surface area contributed by atoms with E-state index in [0.29, 0.717) is 5.41 Å². The number of hydrogen-bond acceptors (Lipinski definition) is 0. The van der Waals surface area contributed by atoms with Crippen molar-refractivity contribution in [1.29, 1.82) is 0 Å². The zero-order valence-electron chi connectivity index (χ0n) is 9.82. The highest BCUT2D eigenvalue weighted by Gasteiger charge is 2.30. The minimum atomic E-state index is 0.674. The predicted molar refractivity (Wildman–Crippen MR) is 68.0 cm³/mol. The molecule has 84 valence electrons. The number of alkyl halides is 1. The Morgan fingerprint density at radius 2 is 1.79 bits per heavy atom. The van der Waals surface area contributed by atoms with Gasteiger partial charge in [-0.3, -0.25) is 0 Å². The van der Waals surface area contributed by atoms with Crippen molar-refractivity contribution in [3.05, 3.63) is 0 Å². The van der Waals surface area contributed by atoms with Gasteiger partial charge in [0.25, 0.3) is 0 Å². The highest BCUT2D eigenvalue weighted by molar-refractivity contribution is 9.09. The summed E-state index contributed by atoms with van der Waals surface area (Å²) >= 11 is 3.74. The number of halogens is 1. The first-order valence-electron chi connectivity index (χ1n) is 6.24. The van der Waals surface area contributed by atoms with Crippen molar-refractivity contribution in [2.75, 3.05) is 5.33 Å². The first kappa shape index (κ1) is 12.5. The second kappa shape index (κ2) is 6.15. The zero-order valence-corrected chi connectivity index (χ0v) is 11.4. The lowest BCUT2D eigenvalue weighted by Crippen LogP contribution is -2.25. The molecule has 1 saturated carbocycles. The Labute approximate surface area is 98.0 Å². The first-order valence-corrected chi connectivity index (χ1v) is 7.37. The smallest absolute Gasteiger partial charge is 0.00879 e. The Balaban J connectivity index is 2.29. The van der Waals surface area contributed by atoms with Crippen molar-refractivity contribution < 1.29 is 0 Å². The quantitative estimate of drug-likeness (QED) is 0.600. The maximum absolute atomic E-state index is 3.74. The van der Waals surface area contributed by atoms with Gasteiger partial charge in [0.05, 0.1) is 0 Å². The predicted octanol–water partition coefficient (Wildman–Crippen LogP) is 5.16. The third-order valence-electron chi connectivity index (χ3n) is 3.69. The van der Waals surface area contributed by atoms with Crippen LogP contribution in [0.4, 0.5) is 0 Å². The molecule has 0 aromatic heterocycles. The highest BCUT2D eigenvalue weighted by atomic mass is 79.9. The van der Waals surface area contributed by atoms with Crippen LogP contribution in [-0.2, 0) is 0 Å². The molecule has 0 aliphatic heterocycles. The van der Waals surface area contributed by atoms with Crippen molar-refractivity contribution in [1.82, 2.24) is 0 Å². The Hall–Kier alpha value is 0.480. The number of hydrogen-bond donors (Lipinski definition) is 0. The van der Waals surface area contributed by atoms with Gasteiger partial charge in [0.15, 0.2) is 0 Å². The van der Waals surface area contributed by atoms with Gasteiger partial charge in [0.2, 0.25) is 0 Å². The van der Waals surface area contributed by atoms with Gasteiger partial charge >= 0.3 is 0 Å². The molecule has 0 aromatic carbocycles. The van der Waals surface area contributed by atoms with Crippen LogP contribution in [0.3, 0.4) is 0 Å². The van der Waals surface area contributed by atoms with Gasteiger partial charge < -0.3 is 0 Å². The van der Waals surface area contributed by atoms with E-state index in [-0.39, 0.29) is 0 Å². The maximum atomic E-state index is 3.74. The minimum Gasteiger partial charge on any atom is -0.0922 e. The van der Waals surface area contributed by atoms with Crippen LogP contribution < -0.4 is 0 Å². The largest absolute Gasteiger partial charge is 0.0922 e. The minimum absolute atomic E-state index is 0.674. The molecule has 1 fully saturated rings. The second-order valence-electron chi connectivity index (χ2n) is 5.48. The lowest BCUT2D eigenvalue weighted by molar-refractivity contribution is 0.198. The van der Waals surface area contributed by atoms with E-state index in [2.05, 4.69) is 29.8 Å². The van der Waals surface area contributed by atoms with Crippen LogP contribution in [0, 0.1) is 11.3 Å². The van der Waals surface area contributed by atoms with Gasteiger partial charge in [-0.15, -0.1) is 0 Å². The third kappa shape index (κ3) is 3.92. The molecule has 0 saturated heterocycles. The number of rotatable bonds is 5.